The fourth-order valence-electron chi connectivity index (χ4n) is 1.98. The van der Waals surface area contributed by atoms with Gasteiger partial charge in [0.15, 0.2) is 0 Å². The SMILES string of the molecule is CC(=O)N(CC(=O)Nc1cc(Cl)cc(Cl)c1)c1ccc(Cl)cc1. The van der Waals surface area contributed by atoms with Crippen molar-refractivity contribution >= 4 is 58.0 Å². The van der Waals surface area contributed by atoms with E-state index in [1.165, 1.54) is 11.8 Å². The van der Waals surface area contributed by atoms with Gasteiger partial charge in [0.05, 0.1) is 0 Å². The van der Waals surface area contributed by atoms with E-state index in [0.717, 1.165) is 0 Å². The number of benzene rings is 2. The lowest BCUT2D eigenvalue weighted by molar-refractivity contribution is -0.120. The van der Waals surface area contributed by atoms with Crippen molar-refractivity contribution in [2.24, 2.45) is 0 Å². The summed E-state index contributed by atoms with van der Waals surface area (Å²) in [4.78, 5) is 25.3. The number of rotatable bonds is 4. The molecule has 1 N–H and O–H groups in total. The number of carbonyl (C=O) groups excluding carboxylic acids is 2. The highest BCUT2D eigenvalue weighted by molar-refractivity contribution is 6.35. The lowest BCUT2D eigenvalue weighted by Crippen LogP contribution is -2.36. The van der Waals surface area contributed by atoms with Gasteiger partial charge in [-0.2, -0.15) is 0 Å². The molecule has 0 saturated heterocycles. The van der Waals surface area contributed by atoms with E-state index < -0.39 is 0 Å². The molecule has 0 saturated carbocycles. The predicted octanol–water partition coefficient (Wildman–Crippen LogP) is 4.64. The largest absolute Gasteiger partial charge is 0.324 e. The molecule has 2 aromatic rings. The van der Waals surface area contributed by atoms with Crippen LogP contribution in [0.15, 0.2) is 42.5 Å². The quantitative estimate of drug-likeness (QED) is 0.851. The Labute approximate surface area is 148 Å². The standard InChI is InChI=1S/C16H13Cl3N2O2/c1-10(22)21(15-4-2-11(17)3-5-15)9-16(23)20-14-7-12(18)6-13(19)8-14/h2-8H,9H2,1H3,(H,20,23). The third-order valence-corrected chi connectivity index (χ3v) is 3.65. The number of halogens is 3. The summed E-state index contributed by atoms with van der Waals surface area (Å²) in [5, 5.41) is 4.04. The first-order valence-corrected chi connectivity index (χ1v) is 7.78. The van der Waals surface area contributed by atoms with E-state index in [4.69, 9.17) is 34.8 Å². The maximum atomic E-state index is 12.2. The number of amides is 2. The van der Waals surface area contributed by atoms with Crippen LogP contribution in [0.3, 0.4) is 0 Å². The minimum atomic E-state index is -0.367. The lowest BCUT2D eigenvalue weighted by atomic mass is 10.2. The second-order valence-corrected chi connectivity index (χ2v) is 6.10. The van der Waals surface area contributed by atoms with Gasteiger partial charge in [0.25, 0.3) is 0 Å². The summed E-state index contributed by atoms with van der Waals surface area (Å²) < 4.78 is 0. The molecule has 0 spiro atoms. The summed E-state index contributed by atoms with van der Waals surface area (Å²) in [6, 6.07) is 11.4. The smallest absolute Gasteiger partial charge is 0.244 e. The van der Waals surface area contributed by atoms with Crippen LogP contribution in [-0.2, 0) is 9.59 Å². The van der Waals surface area contributed by atoms with Crippen LogP contribution in [0.4, 0.5) is 11.4 Å². The molecule has 23 heavy (non-hydrogen) atoms. The Morgan fingerprint density at radius 2 is 1.52 bits per heavy atom. The molecule has 2 aromatic carbocycles. The number of hydrogen-bond acceptors (Lipinski definition) is 2. The van der Waals surface area contributed by atoms with Crippen LogP contribution in [0.25, 0.3) is 0 Å². The van der Waals surface area contributed by atoms with E-state index in [-0.39, 0.29) is 18.4 Å². The van der Waals surface area contributed by atoms with Gasteiger partial charge in [-0.1, -0.05) is 34.8 Å². The Morgan fingerprint density at radius 1 is 0.957 bits per heavy atom. The van der Waals surface area contributed by atoms with Gasteiger partial charge in [-0.25, -0.2) is 0 Å². The zero-order valence-corrected chi connectivity index (χ0v) is 14.4. The highest BCUT2D eigenvalue weighted by Crippen LogP contribution is 2.23. The molecule has 0 fully saturated rings. The van der Waals surface area contributed by atoms with Crippen LogP contribution in [0.5, 0.6) is 0 Å². The fourth-order valence-corrected chi connectivity index (χ4v) is 2.63. The maximum absolute atomic E-state index is 12.2. The number of nitrogens with zero attached hydrogens (tertiary/aromatic N) is 1. The van der Waals surface area contributed by atoms with Crippen LogP contribution < -0.4 is 10.2 Å². The molecule has 2 amide bonds. The Kier molecular flexibility index (Phi) is 5.88. The van der Waals surface area contributed by atoms with Crippen LogP contribution in [0, 0.1) is 0 Å². The van der Waals surface area contributed by atoms with Gasteiger partial charge in [0, 0.05) is 33.4 Å². The molecule has 2 rings (SSSR count). The van der Waals surface area contributed by atoms with Gasteiger partial charge in [0.1, 0.15) is 6.54 Å². The van der Waals surface area contributed by atoms with Crippen LogP contribution in [0.1, 0.15) is 6.92 Å². The average molecular weight is 372 g/mol. The van der Waals surface area contributed by atoms with E-state index in [2.05, 4.69) is 5.32 Å². The van der Waals surface area contributed by atoms with E-state index in [1.807, 2.05) is 0 Å². The average Bonchev–Trinajstić information content (AvgIpc) is 2.44. The molecule has 4 nitrogen and oxygen atoms in total. The molecular weight excluding hydrogens is 359 g/mol. The summed E-state index contributed by atoms with van der Waals surface area (Å²) in [5.41, 5.74) is 1.05. The summed E-state index contributed by atoms with van der Waals surface area (Å²) in [6.45, 7) is 1.25. The van der Waals surface area contributed by atoms with Crippen LogP contribution in [0.2, 0.25) is 15.1 Å². The van der Waals surface area contributed by atoms with Crippen LogP contribution in [-0.4, -0.2) is 18.4 Å². The zero-order valence-electron chi connectivity index (χ0n) is 12.1. The first-order chi connectivity index (χ1) is 10.8. The first-order valence-electron chi connectivity index (χ1n) is 6.65. The van der Waals surface area contributed by atoms with E-state index in [1.54, 1.807) is 42.5 Å². The van der Waals surface area contributed by atoms with E-state index >= 15 is 0 Å². The minimum absolute atomic E-state index is 0.138. The monoisotopic (exact) mass is 370 g/mol. The van der Waals surface area contributed by atoms with Crippen LogP contribution >= 0.6 is 34.8 Å². The third-order valence-electron chi connectivity index (χ3n) is 2.97. The Balaban J connectivity index is 2.12. The molecule has 0 aliphatic carbocycles. The van der Waals surface area contributed by atoms with Crippen molar-refractivity contribution in [3.8, 4) is 0 Å². The van der Waals surface area contributed by atoms with Gasteiger partial charge in [-0.15, -0.1) is 0 Å². The van der Waals surface area contributed by atoms with Crippen molar-refractivity contribution in [1.82, 2.24) is 0 Å². The first kappa shape index (κ1) is 17.6. The second kappa shape index (κ2) is 7.68. The van der Waals surface area contributed by atoms with Gasteiger partial charge in [-0.05, 0) is 42.5 Å². The second-order valence-electron chi connectivity index (χ2n) is 4.79. The predicted molar refractivity (Wildman–Crippen MR) is 94.6 cm³/mol. The maximum Gasteiger partial charge on any atom is 0.244 e. The Hall–Kier alpha value is -1.75. The Morgan fingerprint density at radius 3 is 2.04 bits per heavy atom. The molecule has 120 valence electrons. The topological polar surface area (TPSA) is 49.4 Å². The van der Waals surface area contributed by atoms with Gasteiger partial charge in [0.2, 0.25) is 11.8 Å². The highest BCUT2D eigenvalue weighted by Gasteiger charge is 2.16. The molecule has 0 aliphatic heterocycles. The Bertz CT molecular complexity index is 712. The van der Waals surface area contributed by atoms with Crippen molar-refractivity contribution in [1.29, 1.82) is 0 Å². The summed E-state index contributed by atoms with van der Waals surface area (Å²) in [6.07, 6.45) is 0. The fraction of sp³-hybridized carbons (Fsp3) is 0.125. The summed E-state index contributed by atoms with van der Waals surface area (Å²) in [7, 11) is 0. The molecule has 0 aromatic heterocycles. The number of carbonyl (C=O) groups is 2. The molecule has 0 radical (unpaired) electrons. The molecule has 0 heterocycles. The number of hydrogen-bond donors (Lipinski definition) is 1. The van der Waals surface area contributed by atoms with Crippen molar-refractivity contribution < 1.29 is 9.59 Å². The van der Waals surface area contributed by atoms with Crippen molar-refractivity contribution in [3.05, 3.63) is 57.5 Å². The summed E-state index contributed by atoms with van der Waals surface area (Å²) >= 11 is 17.6. The summed E-state index contributed by atoms with van der Waals surface area (Å²) in [5.74, 6) is -0.625. The molecule has 0 bridgehead atoms. The van der Waals surface area contributed by atoms with E-state index in [0.29, 0.717) is 26.4 Å². The minimum Gasteiger partial charge on any atom is -0.324 e. The van der Waals surface area contributed by atoms with Crippen molar-refractivity contribution in [2.45, 2.75) is 6.92 Å². The molecule has 0 aliphatic rings. The van der Waals surface area contributed by atoms with Crippen molar-refractivity contribution in [3.63, 3.8) is 0 Å². The number of anilines is 2. The molecule has 7 heteroatoms. The van der Waals surface area contributed by atoms with Gasteiger partial charge >= 0.3 is 0 Å². The van der Waals surface area contributed by atoms with Gasteiger partial charge < -0.3 is 10.2 Å². The molecule has 0 unspecified atom stereocenters. The normalized spacial score (nSPS) is 10.3. The lowest BCUT2D eigenvalue weighted by Gasteiger charge is -2.20. The van der Waals surface area contributed by atoms with Crippen molar-refractivity contribution in [2.75, 3.05) is 16.8 Å². The molecular formula is C16H13Cl3N2O2. The zero-order chi connectivity index (χ0) is 17.0. The van der Waals surface area contributed by atoms with Gasteiger partial charge in [-0.3, -0.25) is 9.59 Å². The highest BCUT2D eigenvalue weighted by atomic mass is 35.5. The third kappa shape index (κ3) is 5.13. The number of nitrogens with one attached hydrogen (secondary N) is 1. The molecule has 0 atom stereocenters. The van der Waals surface area contributed by atoms with E-state index in [9.17, 15) is 9.59 Å².